The molecule has 0 amide bonds. The van der Waals surface area contributed by atoms with Gasteiger partial charge in [0, 0.05) is 30.4 Å². The average molecular weight is 258 g/mol. The van der Waals surface area contributed by atoms with Crippen molar-refractivity contribution in [3.05, 3.63) is 30.7 Å². The highest BCUT2D eigenvalue weighted by atomic mass is 16.5. The summed E-state index contributed by atoms with van der Waals surface area (Å²) in [5.74, 6) is 1.97. The summed E-state index contributed by atoms with van der Waals surface area (Å²) in [7, 11) is 1.60. The van der Waals surface area contributed by atoms with E-state index in [1.54, 1.807) is 19.6 Å². The van der Waals surface area contributed by atoms with Gasteiger partial charge < -0.3 is 10.1 Å². The lowest BCUT2D eigenvalue weighted by atomic mass is 10.2. The molecule has 0 bridgehead atoms. The summed E-state index contributed by atoms with van der Waals surface area (Å²) in [5, 5.41) is 3.28. The first-order chi connectivity index (χ1) is 9.19. The minimum atomic E-state index is 0.569. The zero-order valence-corrected chi connectivity index (χ0v) is 11.4. The fourth-order valence-electron chi connectivity index (χ4n) is 1.60. The molecule has 5 nitrogen and oxygen atoms in total. The number of anilines is 1. The normalized spacial score (nSPS) is 10.5. The topological polar surface area (TPSA) is 59.9 Å². The van der Waals surface area contributed by atoms with Crippen LogP contribution in [0, 0.1) is 5.92 Å². The number of nitrogens with zero attached hydrogens (tertiary/aromatic N) is 3. The fourth-order valence-corrected chi connectivity index (χ4v) is 1.60. The Morgan fingerprint density at radius 3 is 2.79 bits per heavy atom. The van der Waals surface area contributed by atoms with E-state index in [4.69, 9.17) is 4.74 Å². The van der Waals surface area contributed by atoms with E-state index in [-0.39, 0.29) is 0 Å². The van der Waals surface area contributed by atoms with Crippen LogP contribution in [0.1, 0.15) is 13.8 Å². The largest absolute Gasteiger partial charge is 0.481 e. The standard InChI is InChI=1S/C14H18N4O/c1-10(2)8-16-13-7-12(17-9-18-13)11-4-5-15-14(6-11)19-3/h4-7,9-10H,8H2,1-3H3,(H,16,17,18). The molecule has 2 rings (SSSR count). The second kappa shape index (κ2) is 6.13. The van der Waals surface area contributed by atoms with Gasteiger partial charge in [0.2, 0.25) is 5.88 Å². The van der Waals surface area contributed by atoms with E-state index < -0.39 is 0 Å². The van der Waals surface area contributed by atoms with Gasteiger partial charge in [-0.1, -0.05) is 13.8 Å². The van der Waals surface area contributed by atoms with Gasteiger partial charge in [0.25, 0.3) is 0 Å². The second-order valence-electron chi connectivity index (χ2n) is 4.65. The number of hydrogen-bond donors (Lipinski definition) is 1. The van der Waals surface area contributed by atoms with E-state index in [2.05, 4.69) is 34.1 Å². The monoisotopic (exact) mass is 258 g/mol. The van der Waals surface area contributed by atoms with Gasteiger partial charge in [-0.15, -0.1) is 0 Å². The molecule has 5 heteroatoms. The summed E-state index contributed by atoms with van der Waals surface area (Å²) in [6, 6.07) is 5.68. The zero-order chi connectivity index (χ0) is 13.7. The van der Waals surface area contributed by atoms with Crippen LogP contribution >= 0.6 is 0 Å². The lowest BCUT2D eigenvalue weighted by molar-refractivity contribution is 0.398. The molecule has 0 fully saturated rings. The molecule has 0 aliphatic rings. The van der Waals surface area contributed by atoms with Gasteiger partial charge in [-0.2, -0.15) is 0 Å². The van der Waals surface area contributed by atoms with Crippen LogP contribution in [0.4, 0.5) is 5.82 Å². The van der Waals surface area contributed by atoms with E-state index in [9.17, 15) is 0 Å². The van der Waals surface area contributed by atoms with Gasteiger partial charge in [-0.05, 0) is 12.0 Å². The first-order valence-electron chi connectivity index (χ1n) is 6.25. The number of hydrogen-bond acceptors (Lipinski definition) is 5. The molecule has 0 saturated carbocycles. The summed E-state index contributed by atoms with van der Waals surface area (Å²) in [4.78, 5) is 12.6. The molecule has 0 spiro atoms. The van der Waals surface area contributed by atoms with Crippen molar-refractivity contribution < 1.29 is 4.74 Å². The Hall–Kier alpha value is -2.17. The predicted molar refractivity (Wildman–Crippen MR) is 75.1 cm³/mol. The summed E-state index contributed by atoms with van der Waals surface area (Å²) in [6.45, 7) is 5.20. The lowest BCUT2D eigenvalue weighted by Crippen LogP contribution is -2.09. The molecule has 100 valence electrons. The van der Waals surface area contributed by atoms with Crippen LogP contribution in [0.3, 0.4) is 0 Å². The van der Waals surface area contributed by atoms with Crippen LogP contribution in [-0.4, -0.2) is 28.6 Å². The zero-order valence-electron chi connectivity index (χ0n) is 11.4. The fraction of sp³-hybridized carbons (Fsp3) is 0.357. The van der Waals surface area contributed by atoms with E-state index in [1.807, 2.05) is 18.2 Å². The average Bonchev–Trinajstić information content (AvgIpc) is 2.45. The molecular weight excluding hydrogens is 240 g/mol. The van der Waals surface area contributed by atoms with Crippen molar-refractivity contribution in [1.82, 2.24) is 15.0 Å². The Labute approximate surface area is 113 Å². The highest BCUT2D eigenvalue weighted by Crippen LogP contribution is 2.21. The third kappa shape index (κ3) is 3.64. The van der Waals surface area contributed by atoms with Gasteiger partial charge in [0.05, 0.1) is 12.8 Å². The summed E-state index contributed by atoms with van der Waals surface area (Å²) >= 11 is 0. The van der Waals surface area contributed by atoms with Crippen LogP contribution in [0.15, 0.2) is 30.7 Å². The summed E-state index contributed by atoms with van der Waals surface area (Å²) in [5.41, 5.74) is 1.81. The number of rotatable bonds is 5. The van der Waals surface area contributed by atoms with Crippen molar-refractivity contribution in [1.29, 1.82) is 0 Å². The van der Waals surface area contributed by atoms with Crippen molar-refractivity contribution in [2.75, 3.05) is 19.0 Å². The Balaban J connectivity index is 2.22. The Morgan fingerprint density at radius 2 is 2.05 bits per heavy atom. The second-order valence-corrected chi connectivity index (χ2v) is 4.65. The number of aromatic nitrogens is 3. The van der Waals surface area contributed by atoms with Crippen molar-refractivity contribution in [2.45, 2.75) is 13.8 Å². The number of ether oxygens (including phenoxy) is 1. The smallest absolute Gasteiger partial charge is 0.213 e. The number of pyridine rings is 1. The minimum Gasteiger partial charge on any atom is -0.481 e. The maximum absolute atomic E-state index is 5.12. The molecular formula is C14H18N4O. The molecule has 0 aromatic carbocycles. The SMILES string of the molecule is COc1cc(-c2cc(NCC(C)C)ncn2)ccn1. The maximum atomic E-state index is 5.12. The molecule has 0 saturated heterocycles. The van der Waals surface area contributed by atoms with Gasteiger partial charge >= 0.3 is 0 Å². The predicted octanol–water partition coefficient (Wildman–Crippen LogP) is 2.62. The van der Waals surface area contributed by atoms with Crippen molar-refractivity contribution in [3.63, 3.8) is 0 Å². The molecule has 2 heterocycles. The molecule has 2 aromatic rings. The van der Waals surface area contributed by atoms with E-state index in [0.717, 1.165) is 23.6 Å². The van der Waals surface area contributed by atoms with Gasteiger partial charge in [-0.25, -0.2) is 15.0 Å². The molecule has 2 aromatic heterocycles. The van der Waals surface area contributed by atoms with Gasteiger partial charge in [-0.3, -0.25) is 0 Å². The molecule has 1 N–H and O–H groups in total. The highest BCUT2D eigenvalue weighted by Gasteiger charge is 2.04. The maximum Gasteiger partial charge on any atom is 0.213 e. The Bertz CT molecular complexity index is 542. The molecule has 0 unspecified atom stereocenters. The molecule has 0 aliphatic carbocycles. The van der Waals surface area contributed by atoms with E-state index in [1.165, 1.54) is 0 Å². The quantitative estimate of drug-likeness (QED) is 0.893. The van der Waals surface area contributed by atoms with Crippen molar-refractivity contribution >= 4 is 5.82 Å². The minimum absolute atomic E-state index is 0.569. The first kappa shape index (κ1) is 13.3. The summed E-state index contributed by atoms with van der Waals surface area (Å²) in [6.07, 6.45) is 3.27. The van der Waals surface area contributed by atoms with Crippen molar-refractivity contribution in [3.8, 4) is 17.1 Å². The van der Waals surface area contributed by atoms with Crippen LogP contribution in [0.25, 0.3) is 11.3 Å². The molecule has 0 atom stereocenters. The molecule has 0 aliphatic heterocycles. The van der Waals surface area contributed by atoms with Crippen LogP contribution < -0.4 is 10.1 Å². The van der Waals surface area contributed by atoms with Gasteiger partial charge in [0.1, 0.15) is 12.1 Å². The third-order valence-corrected chi connectivity index (χ3v) is 2.60. The first-order valence-corrected chi connectivity index (χ1v) is 6.25. The van der Waals surface area contributed by atoms with E-state index in [0.29, 0.717) is 11.8 Å². The lowest BCUT2D eigenvalue weighted by Gasteiger charge is -2.09. The molecule has 0 radical (unpaired) electrons. The highest BCUT2D eigenvalue weighted by molar-refractivity contribution is 5.62. The van der Waals surface area contributed by atoms with Crippen LogP contribution in [0.2, 0.25) is 0 Å². The van der Waals surface area contributed by atoms with Crippen LogP contribution in [0.5, 0.6) is 5.88 Å². The third-order valence-electron chi connectivity index (χ3n) is 2.60. The molecule has 19 heavy (non-hydrogen) atoms. The number of nitrogens with one attached hydrogen (secondary N) is 1. The number of methoxy groups -OCH3 is 1. The van der Waals surface area contributed by atoms with Crippen molar-refractivity contribution in [2.24, 2.45) is 5.92 Å². The van der Waals surface area contributed by atoms with Gasteiger partial charge in [0.15, 0.2) is 0 Å². The summed E-state index contributed by atoms with van der Waals surface area (Å²) < 4.78 is 5.12. The van der Waals surface area contributed by atoms with Crippen LogP contribution in [-0.2, 0) is 0 Å². The van der Waals surface area contributed by atoms with E-state index >= 15 is 0 Å². The Kier molecular flexibility index (Phi) is 4.28. The Morgan fingerprint density at radius 1 is 1.21 bits per heavy atom.